The molecule has 0 bridgehead atoms. The lowest BCUT2D eigenvalue weighted by Gasteiger charge is -1.95. The van der Waals surface area contributed by atoms with E-state index in [0.717, 1.165) is 26.8 Å². The van der Waals surface area contributed by atoms with Gasteiger partial charge < -0.3 is 5.11 Å². The fraction of sp³-hybridized carbons (Fsp3) is 0.0714. The zero-order valence-corrected chi connectivity index (χ0v) is 12.2. The van der Waals surface area contributed by atoms with Gasteiger partial charge in [0.2, 0.25) is 0 Å². The lowest BCUT2D eigenvalue weighted by atomic mass is 10.2. The number of carbonyl (C=O) groups is 1. The maximum absolute atomic E-state index is 10.9. The Balaban J connectivity index is 1.93. The van der Waals surface area contributed by atoms with E-state index in [2.05, 4.69) is 9.97 Å². The van der Waals surface area contributed by atoms with Crippen molar-refractivity contribution in [3.63, 3.8) is 0 Å². The highest BCUT2D eigenvalue weighted by atomic mass is 32.1. The molecule has 0 aliphatic carbocycles. The first-order chi connectivity index (χ1) is 9.63. The van der Waals surface area contributed by atoms with E-state index in [1.807, 2.05) is 24.4 Å². The Morgan fingerprint density at radius 3 is 2.75 bits per heavy atom. The molecule has 0 amide bonds. The van der Waals surface area contributed by atoms with Gasteiger partial charge >= 0.3 is 5.97 Å². The monoisotopic (exact) mass is 302 g/mol. The molecule has 3 aromatic rings. The highest BCUT2D eigenvalue weighted by Crippen LogP contribution is 2.32. The predicted octanol–water partition coefficient (Wildman–Crippen LogP) is 3.94. The van der Waals surface area contributed by atoms with Gasteiger partial charge in [-0.2, -0.15) is 0 Å². The van der Waals surface area contributed by atoms with Gasteiger partial charge in [0.25, 0.3) is 0 Å². The highest BCUT2D eigenvalue weighted by molar-refractivity contribution is 7.15. The van der Waals surface area contributed by atoms with Crippen LogP contribution in [-0.4, -0.2) is 21.0 Å². The number of hydrogen-bond donors (Lipinski definition) is 1. The number of carboxylic acids is 1. The summed E-state index contributed by atoms with van der Waals surface area (Å²) in [5, 5.41) is 13.4. The standard InChI is InChI=1S/C14H10N2O2S2/c1-8-2-3-9(5-15-8)13-16-11(7-20-13)12-4-10(6-19-12)14(17)18/h2-7H,1H3,(H,17,18). The van der Waals surface area contributed by atoms with Gasteiger partial charge in [0.1, 0.15) is 5.01 Å². The molecule has 100 valence electrons. The zero-order valence-electron chi connectivity index (χ0n) is 10.5. The second-order valence-electron chi connectivity index (χ2n) is 4.23. The fourth-order valence-corrected chi connectivity index (χ4v) is 3.43. The molecule has 0 saturated carbocycles. The molecule has 20 heavy (non-hydrogen) atoms. The van der Waals surface area contributed by atoms with Gasteiger partial charge in [-0.25, -0.2) is 9.78 Å². The molecule has 0 aliphatic heterocycles. The molecule has 0 saturated heterocycles. The summed E-state index contributed by atoms with van der Waals surface area (Å²) in [6.45, 7) is 1.94. The van der Waals surface area contributed by atoms with Gasteiger partial charge in [-0.15, -0.1) is 22.7 Å². The van der Waals surface area contributed by atoms with E-state index in [1.165, 1.54) is 22.7 Å². The molecule has 0 aliphatic rings. The number of aryl methyl sites for hydroxylation is 1. The van der Waals surface area contributed by atoms with Gasteiger partial charge in [0.05, 0.1) is 16.1 Å². The molecule has 0 radical (unpaired) electrons. The number of thiophene rings is 1. The van der Waals surface area contributed by atoms with Crippen LogP contribution in [0.15, 0.2) is 35.2 Å². The summed E-state index contributed by atoms with van der Waals surface area (Å²) >= 11 is 2.92. The lowest BCUT2D eigenvalue weighted by Crippen LogP contribution is -1.91. The van der Waals surface area contributed by atoms with E-state index in [4.69, 9.17) is 5.11 Å². The fourth-order valence-electron chi connectivity index (χ4n) is 1.70. The molecular formula is C14H10N2O2S2. The summed E-state index contributed by atoms with van der Waals surface area (Å²) in [6, 6.07) is 5.59. The van der Waals surface area contributed by atoms with E-state index in [9.17, 15) is 4.79 Å². The zero-order chi connectivity index (χ0) is 14.1. The van der Waals surface area contributed by atoms with E-state index in [1.54, 1.807) is 17.6 Å². The molecule has 0 unspecified atom stereocenters. The normalized spacial score (nSPS) is 10.7. The van der Waals surface area contributed by atoms with Gasteiger partial charge in [-0.05, 0) is 25.1 Å². The Bertz CT molecular complexity index is 760. The molecule has 3 rings (SSSR count). The first kappa shape index (κ1) is 13.0. The third-order valence-electron chi connectivity index (χ3n) is 2.76. The Labute approximate surface area is 123 Å². The molecule has 4 nitrogen and oxygen atoms in total. The van der Waals surface area contributed by atoms with Crippen LogP contribution in [0.2, 0.25) is 0 Å². The van der Waals surface area contributed by atoms with Crippen LogP contribution in [0, 0.1) is 6.92 Å². The third-order valence-corrected chi connectivity index (χ3v) is 4.61. The Hall–Kier alpha value is -2.05. The molecule has 0 fully saturated rings. The minimum atomic E-state index is -0.911. The number of carboxylic acid groups (broad SMARTS) is 1. The van der Waals surface area contributed by atoms with Crippen molar-refractivity contribution in [2.75, 3.05) is 0 Å². The van der Waals surface area contributed by atoms with Crippen molar-refractivity contribution in [1.29, 1.82) is 0 Å². The second kappa shape index (κ2) is 5.15. The van der Waals surface area contributed by atoms with Crippen molar-refractivity contribution < 1.29 is 9.90 Å². The quantitative estimate of drug-likeness (QED) is 0.796. The van der Waals surface area contributed by atoms with Crippen molar-refractivity contribution >= 4 is 28.6 Å². The average Bonchev–Trinajstić information content (AvgIpc) is 3.08. The molecular weight excluding hydrogens is 292 g/mol. The topological polar surface area (TPSA) is 63.1 Å². The van der Waals surface area contributed by atoms with Gasteiger partial charge in [-0.3, -0.25) is 4.98 Å². The lowest BCUT2D eigenvalue weighted by molar-refractivity contribution is 0.0697. The number of rotatable bonds is 3. The maximum atomic E-state index is 10.9. The second-order valence-corrected chi connectivity index (χ2v) is 6.00. The van der Waals surface area contributed by atoms with Crippen LogP contribution in [0.1, 0.15) is 16.1 Å². The molecule has 1 N–H and O–H groups in total. The van der Waals surface area contributed by atoms with Crippen LogP contribution in [0.4, 0.5) is 0 Å². The number of aromatic carboxylic acids is 1. The van der Waals surface area contributed by atoms with E-state index >= 15 is 0 Å². The van der Waals surface area contributed by atoms with E-state index < -0.39 is 5.97 Å². The third kappa shape index (κ3) is 2.48. The minimum Gasteiger partial charge on any atom is -0.478 e. The number of pyridine rings is 1. The Morgan fingerprint density at radius 1 is 1.25 bits per heavy atom. The average molecular weight is 302 g/mol. The summed E-state index contributed by atoms with van der Waals surface area (Å²) in [6.07, 6.45) is 1.80. The Morgan fingerprint density at radius 2 is 2.10 bits per heavy atom. The summed E-state index contributed by atoms with van der Waals surface area (Å²) in [7, 11) is 0. The van der Waals surface area contributed by atoms with Gasteiger partial charge in [0.15, 0.2) is 0 Å². The predicted molar refractivity (Wildman–Crippen MR) is 80.4 cm³/mol. The van der Waals surface area contributed by atoms with Crippen LogP contribution in [-0.2, 0) is 0 Å². The van der Waals surface area contributed by atoms with Gasteiger partial charge in [-0.1, -0.05) is 0 Å². The first-order valence-electron chi connectivity index (χ1n) is 5.84. The summed E-state index contributed by atoms with van der Waals surface area (Å²) in [5.74, 6) is -0.911. The molecule has 3 aromatic heterocycles. The molecule has 6 heteroatoms. The van der Waals surface area contributed by atoms with Gasteiger partial charge in [0, 0.05) is 28.2 Å². The van der Waals surface area contributed by atoms with E-state index in [-0.39, 0.29) is 0 Å². The van der Waals surface area contributed by atoms with Crippen molar-refractivity contribution in [2.45, 2.75) is 6.92 Å². The highest BCUT2D eigenvalue weighted by Gasteiger charge is 2.11. The summed E-state index contributed by atoms with van der Waals surface area (Å²) < 4.78 is 0. The van der Waals surface area contributed by atoms with Crippen molar-refractivity contribution in [1.82, 2.24) is 9.97 Å². The number of nitrogens with zero attached hydrogens (tertiary/aromatic N) is 2. The molecule has 0 atom stereocenters. The van der Waals surface area contributed by atoms with Crippen LogP contribution >= 0.6 is 22.7 Å². The molecule has 0 aromatic carbocycles. The van der Waals surface area contributed by atoms with Crippen molar-refractivity contribution in [3.8, 4) is 21.1 Å². The van der Waals surface area contributed by atoms with E-state index in [0.29, 0.717) is 5.56 Å². The number of aromatic nitrogens is 2. The van der Waals surface area contributed by atoms with Crippen LogP contribution in [0.25, 0.3) is 21.1 Å². The maximum Gasteiger partial charge on any atom is 0.336 e. The minimum absolute atomic E-state index is 0.302. The number of thiazole rings is 1. The first-order valence-corrected chi connectivity index (χ1v) is 7.60. The smallest absolute Gasteiger partial charge is 0.336 e. The van der Waals surface area contributed by atoms with Crippen molar-refractivity contribution in [3.05, 3.63) is 46.4 Å². The van der Waals surface area contributed by atoms with Crippen LogP contribution < -0.4 is 0 Å². The summed E-state index contributed by atoms with van der Waals surface area (Å²) in [5.41, 5.74) is 3.05. The number of hydrogen-bond acceptors (Lipinski definition) is 5. The summed E-state index contributed by atoms with van der Waals surface area (Å²) in [4.78, 5) is 20.6. The molecule has 3 heterocycles. The van der Waals surface area contributed by atoms with Crippen LogP contribution in [0.3, 0.4) is 0 Å². The van der Waals surface area contributed by atoms with Crippen LogP contribution in [0.5, 0.6) is 0 Å². The SMILES string of the molecule is Cc1ccc(-c2nc(-c3cc(C(=O)O)cs3)cs2)cn1. The van der Waals surface area contributed by atoms with Crippen molar-refractivity contribution in [2.24, 2.45) is 0 Å². The molecule has 0 spiro atoms. The Kier molecular flexibility index (Phi) is 3.33. The largest absolute Gasteiger partial charge is 0.478 e.